The predicted octanol–water partition coefficient (Wildman–Crippen LogP) is 4.78. The van der Waals surface area contributed by atoms with Gasteiger partial charge >= 0.3 is 11.9 Å². The minimum atomic E-state index is -1.20. The van der Waals surface area contributed by atoms with Crippen LogP contribution in [0.5, 0.6) is 5.75 Å². The van der Waals surface area contributed by atoms with Crippen LogP contribution < -0.4 is 10.2 Å². The lowest BCUT2D eigenvalue weighted by atomic mass is 10.0. The van der Waals surface area contributed by atoms with Crippen molar-refractivity contribution < 1.29 is 33.3 Å². The van der Waals surface area contributed by atoms with Gasteiger partial charge in [0.1, 0.15) is 19.0 Å². The van der Waals surface area contributed by atoms with Crippen LogP contribution in [0.25, 0.3) is 20.2 Å². The molecule has 0 radical (unpaired) electrons. The van der Waals surface area contributed by atoms with Gasteiger partial charge in [0.25, 0.3) is 0 Å². The van der Waals surface area contributed by atoms with Crippen LogP contribution in [0.15, 0.2) is 72.6 Å². The molecule has 3 aromatic rings. The van der Waals surface area contributed by atoms with E-state index >= 15 is 0 Å². The molecule has 3 rings (SSSR count). The van der Waals surface area contributed by atoms with Crippen molar-refractivity contribution in [2.45, 2.75) is 32.2 Å². The van der Waals surface area contributed by atoms with Crippen LogP contribution in [0, 0.1) is 0 Å². The average Bonchev–Trinajstić information content (AvgIpc) is 2.92. The maximum Gasteiger partial charge on any atom is 0.330 e. The van der Waals surface area contributed by atoms with Gasteiger partial charge in [-0.25, -0.2) is 9.59 Å². The summed E-state index contributed by atoms with van der Waals surface area (Å²) in [6.45, 7) is 10.4. The van der Waals surface area contributed by atoms with E-state index < -0.39 is 23.8 Å². The fourth-order valence-electron chi connectivity index (χ4n) is 3.46. The van der Waals surface area contributed by atoms with E-state index in [1.165, 1.54) is 0 Å². The van der Waals surface area contributed by atoms with E-state index in [0.717, 1.165) is 21.6 Å². The first kappa shape index (κ1) is 28.0. The summed E-state index contributed by atoms with van der Waals surface area (Å²) >= 11 is 1.56. The van der Waals surface area contributed by atoms with E-state index in [4.69, 9.17) is 23.7 Å². The maximum absolute atomic E-state index is 12.9. The van der Waals surface area contributed by atoms with E-state index in [-0.39, 0.29) is 31.9 Å². The van der Waals surface area contributed by atoms with Crippen LogP contribution in [0.1, 0.15) is 20.3 Å². The van der Waals surface area contributed by atoms with Crippen LogP contribution in [-0.4, -0.2) is 50.3 Å². The normalized spacial score (nSPS) is 13.5. The van der Waals surface area contributed by atoms with Crippen LogP contribution >= 0.6 is 11.3 Å². The maximum atomic E-state index is 12.9. The second-order valence-electron chi connectivity index (χ2n) is 8.16. The number of carbonyl (C=O) groups is 2. The van der Waals surface area contributed by atoms with E-state index in [2.05, 4.69) is 13.2 Å². The Balaban J connectivity index is 1.54. The highest BCUT2D eigenvalue weighted by Crippen LogP contribution is 2.27. The number of esters is 2. The SMILES string of the molecule is C=CC(=O)OCC(CC)(COC(C)OCCOc1ccc2sc3ccccc3c(=O)c2c1)OC(=O)C=C. The zero-order valence-electron chi connectivity index (χ0n) is 20.9. The minimum Gasteiger partial charge on any atom is -0.491 e. The zero-order valence-corrected chi connectivity index (χ0v) is 21.7. The molecule has 0 saturated heterocycles. The van der Waals surface area contributed by atoms with Gasteiger partial charge in [0.05, 0.1) is 13.2 Å². The molecule has 1 heterocycles. The molecule has 0 fully saturated rings. The van der Waals surface area contributed by atoms with E-state index in [0.29, 0.717) is 22.9 Å². The number of hydrogen-bond donors (Lipinski definition) is 0. The average molecular weight is 527 g/mol. The van der Waals surface area contributed by atoms with Gasteiger partial charge in [-0.05, 0) is 43.7 Å². The number of hydrogen-bond acceptors (Lipinski definition) is 9. The van der Waals surface area contributed by atoms with Crippen molar-refractivity contribution in [1.82, 2.24) is 0 Å². The van der Waals surface area contributed by atoms with Crippen LogP contribution in [0.3, 0.4) is 0 Å². The Labute approximate surface area is 219 Å². The first-order valence-electron chi connectivity index (χ1n) is 11.8. The Morgan fingerprint density at radius 3 is 2.43 bits per heavy atom. The lowest BCUT2D eigenvalue weighted by molar-refractivity contribution is -0.200. The summed E-state index contributed by atoms with van der Waals surface area (Å²) in [7, 11) is 0. The molecule has 0 spiro atoms. The van der Waals surface area contributed by atoms with Gasteiger partial charge in [-0.1, -0.05) is 32.2 Å². The van der Waals surface area contributed by atoms with Crippen molar-refractivity contribution in [2.75, 3.05) is 26.4 Å². The number of fused-ring (bicyclic) bond motifs is 2. The topological polar surface area (TPSA) is 97.4 Å². The van der Waals surface area contributed by atoms with Gasteiger partial charge < -0.3 is 23.7 Å². The summed E-state index contributed by atoms with van der Waals surface area (Å²) in [4.78, 5) is 36.2. The van der Waals surface area contributed by atoms with Crippen LogP contribution in [-0.2, 0) is 28.5 Å². The molecular weight excluding hydrogens is 496 g/mol. The monoisotopic (exact) mass is 526 g/mol. The van der Waals surface area contributed by atoms with Gasteiger partial charge in [0.2, 0.25) is 0 Å². The van der Waals surface area contributed by atoms with E-state index in [1.54, 1.807) is 31.3 Å². The molecule has 0 amide bonds. The summed E-state index contributed by atoms with van der Waals surface area (Å²) in [5.74, 6) is -0.734. The fourth-order valence-corrected chi connectivity index (χ4v) is 4.51. The molecule has 9 heteroatoms. The summed E-state index contributed by atoms with van der Waals surface area (Å²) in [6.07, 6.45) is 1.72. The number of rotatable bonds is 14. The third-order valence-electron chi connectivity index (χ3n) is 5.61. The highest BCUT2D eigenvalue weighted by atomic mass is 32.1. The molecule has 8 nitrogen and oxygen atoms in total. The minimum absolute atomic E-state index is 0.0246. The fraction of sp³-hybridized carbons (Fsp3) is 0.321. The lowest BCUT2D eigenvalue weighted by Crippen LogP contribution is -2.45. The van der Waals surface area contributed by atoms with Crippen molar-refractivity contribution in [2.24, 2.45) is 0 Å². The molecule has 0 aliphatic carbocycles. The Kier molecular flexibility index (Phi) is 9.96. The molecule has 2 unspecified atom stereocenters. The summed E-state index contributed by atoms with van der Waals surface area (Å²) in [6, 6.07) is 13.0. The summed E-state index contributed by atoms with van der Waals surface area (Å²) in [5.41, 5.74) is -1.23. The molecule has 2 atom stereocenters. The molecule has 0 saturated carbocycles. The van der Waals surface area contributed by atoms with Gasteiger partial charge in [0.15, 0.2) is 17.3 Å². The Morgan fingerprint density at radius 1 is 0.973 bits per heavy atom. The van der Waals surface area contributed by atoms with Gasteiger partial charge in [0, 0.05) is 32.3 Å². The van der Waals surface area contributed by atoms with Crippen molar-refractivity contribution in [1.29, 1.82) is 0 Å². The molecule has 0 N–H and O–H groups in total. The molecule has 0 bridgehead atoms. The second kappa shape index (κ2) is 13.1. The largest absolute Gasteiger partial charge is 0.491 e. The van der Waals surface area contributed by atoms with Crippen LogP contribution in [0.4, 0.5) is 0 Å². The van der Waals surface area contributed by atoms with E-state index in [9.17, 15) is 14.4 Å². The molecular formula is C28H30O8S. The Bertz CT molecular complexity index is 1330. The smallest absolute Gasteiger partial charge is 0.330 e. The Hall–Kier alpha value is -3.53. The lowest BCUT2D eigenvalue weighted by Gasteiger charge is -2.32. The predicted molar refractivity (Wildman–Crippen MR) is 143 cm³/mol. The molecule has 0 aliphatic heterocycles. The standard InChI is InChI=1S/C28H30O8S/c1-5-25(29)35-18-28(7-3,36-26(30)6-2)17-34-19(4)32-14-15-33-20-12-13-24-22(16-20)27(31)21-10-8-9-11-23(21)37-24/h5-6,8-13,16,19H,1-2,7,14-15,17-18H2,3-4H3. The van der Waals surface area contributed by atoms with Crippen LogP contribution in [0.2, 0.25) is 0 Å². The Morgan fingerprint density at radius 2 is 1.70 bits per heavy atom. The number of ether oxygens (including phenoxy) is 5. The van der Waals surface area contributed by atoms with Gasteiger partial charge in [-0.3, -0.25) is 4.79 Å². The quantitative estimate of drug-likeness (QED) is 0.0973. The number of carbonyl (C=O) groups excluding carboxylic acids is 2. The highest BCUT2D eigenvalue weighted by molar-refractivity contribution is 7.24. The van der Waals surface area contributed by atoms with Crippen molar-refractivity contribution in [3.05, 3.63) is 78.0 Å². The van der Waals surface area contributed by atoms with E-state index in [1.807, 2.05) is 36.4 Å². The second-order valence-corrected chi connectivity index (χ2v) is 9.24. The molecule has 37 heavy (non-hydrogen) atoms. The van der Waals surface area contributed by atoms with Crippen molar-refractivity contribution in [3.8, 4) is 5.75 Å². The highest BCUT2D eigenvalue weighted by Gasteiger charge is 2.35. The van der Waals surface area contributed by atoms with Gasteiger partial charge in [-0.2, -0.15) is 0 Å². The summed E-state index contributed by atoms with van der Waals surface area (Å²) < 4.78 is 29.6. The molecule has 0 aliphatic rings. The third kappa shape index (κ3) is 7.48. The number of benzene rings is 2. The third-order valence-corrected chi connectivity index (χ3v) is 6.76. The first-order valence-corrected chi connectivity index (χ1v) is 12.6. The molecule has 196 valence electrons. The van der Waals surface area contributed by atoms with Crippen molar-refractivity contribution in [3.63, 3.8) is 0 Å². The first-order chi connectivity index (χ1) is 17.8. The molecule has 1 aromatic heterocycles. The molecule has 2 aromatic carbocycles. The zero-order chi connectivity index (χ0) is 26.8. The summed E-state index contributed by atoms with van der Waals surface area (Å²) in [5, 5.41) is 1.30. The van der Waals surface area contributed by atoms with Crippen molar-refractivity contribution >= 4 is 43.4 Å². The van der Waals surface area contributed by atoms with Gasteiger partial charge in [-0.15, -0.1) is 11.3 Å².